The molecule has 1 fully saturated rings. The fourth-order valence-electron chi connectivity index (χ4n) is 2.58. The van der Waals surface area contributed by atoms with Gasteiger partial charge in [-0.2, -0.15) is 23.4 Å². The van der Waals surface area contributed by atoms with Crippen LogP contribution in [-0.4, -0.2) is 52.9 Å². The third kappa shape index (κ3) is 3.69. The molecule has 0 aliphatic carbocycles. The molecule has 1 aliphatic rings. The molecular formula is C13H17F3N4O. The minimum atomic E-state index is -4.23. The minimum absolute atomic E-state index is 0.0154. The molecular weight excluding hydrogens is 285 g/mol. The Labute approximate surface area is 120 Å². The molecule has 1 aromatic rings. The summed E-state index contributed by atoms with van der Waals surface area (Å²) in [7, 11) is 1.43. The van der Waals surface area contributed by atoms with Crippen molar-refractivity contribution in [2.24, 2.45) is 0 Å². The molecule has 1 aliphatic heterocycles. The summed E-state index contributed by atoms with van der Waals surface area (Å²) in [6.07, 6.45) is -2.53. The van der Waals surface area contributed by atoms with Crippen LogP contribution in [0.3, 0.4) is 0 Å². The van der Waals surface area contributed by atoms with Gasteiger partial charge >= 0.3 is 6.18 Å². The maximum atomic E-state index is 12.8. The van der Waals surface area contributed by atoms with Crippen LogP contribution in [0.2, 0.25) is 0 Å². The van der Waals surface area contributed by atoms with Crippen LogP contribution in [0.25, 0.3) is 0 Å². The Balaban J connectivity index is 1.97. The number of hydrogen-bond donors (Lipinski definition) is 1. The van der Waals surface area contributed by atoms with Crippen molar-refractivity contribution in [1.29, 1.82) is 0 Å². The van der Waals surface area contributed by atoms with Gasteiger partial charge in [-0.1, -0.05) is 0 Å². The molecule has 0 radical (unpaired) electrons. The number of rotatable bonds is 2. The molecule has 1 N–H and O–H groups in total. The predicted octanol–water partition coefficient (Wildman–Crippen LogP) is 1.54. The third-order valence-electron chi connectivity index (χ3n) is 3.69. The summed E-state index contributed by atoms with van der Waals surface area (Å²) in [5.41, 5.74) is 0.887. The van der Waals surface area contributed by atoms with Crippen LogP contribution in [0, 0.1) is 6.92 Å². The van der Waals surface area contributed by atoms with Crippen molar-refractivity contribution in [2.45, 2.75) is 38.0 Å². The van der Waals surface area contributed by atoms with Crippen molar-refractivity contribution >= 4 is 5.91 Å². The van der Waals surface area contributed by atoms with E-state index >= 15 is 0 Å². The van der Waals surface area contributed by atoms with E-state index in [1.807, 2.05) is 0 Å². The van der Waals surface area contributed by atoms with E-state index in [1.165, 1.54) is 18.1 Å². The second-order valence-corrected chi connectivity index (χ2v) is 5.28. The van der Waals surface area contributed by atoms with Gasteiger partial charge in [-0.05, 0) is 32.9 Å². The van der Waals surface area contributed by atoms with E-state index in [0.29, 0.717) is 17.7 Å². The first kappa shape index (κ1) is 15.7. The highest BCUT2D eigenvalue weighted by Crippen LogP contribution is 2.30. The number of alkyl halides is 3. The van der Waals surface area contributed by atoms with E-state index in [0.717, 1.165) is 0 Å². The van der Waals surface area contributed by atoms with Crippen molar-refractivity contribution in [3.63, 3.8) is 0 Å². The summed E-state index contributed by atoms with van der Waals surface area (Å²) in [4.78, 5) is 13.3. The van der Waals surface area contributed by atoms with Crippen LogP contribution in [0.4, 0.5) is 13.2 Å². The fraction of sp³-hybridized carbons (Fsp3) is 0.615. The second-order valence-electron chi connectivity index (χ2n) is 5.28. The van der Waals surface area contributed by atoms with Gasteiger partial charge in [0.25, 0.3) is 5.91 Å². The van der Waals surface area contributed by atoms with Gasteiger partial charge in [-0.15, -0.1) is 0 Å². The van der Waals surface area contributed by atoms with E-state index in [9.17, 15) is 18.0 Å². The number of carbonyl (C=O) groups excluding carboxylic acids is 1. The summed E-state index contributed by atoms with van der Waals surface area (Å²) in [5.74, 6) is -0.328. The summed E-state index contributed by atoms with van der Waals surface area (Å²) in [5, 5.41) is 10.2. The molecule has 1 saturated heterocycles. The highest BCUT2D eigenvalue weighted by molar-refractivity contribution is 5.95. The lowest BCUT2D eigenvalue weighted by molar-refractivity contribution is -0.188. The number of halogens is 3. The van der Waals surface area contributed by atoms with E-state index in [4.69, 9.17) is 0 Å². The summed E-state index contributed by atoms with van der Waals surface area (Å²) < 4.78 is 38.3. The standard InChI is InChI=1S/C13H17F3N4O/c1-8-10(5-6-17-19-8)12(21)18-9-3-4-11(13(14,15)16)20(2)7-9/h5-6,9,11H,3-4,7H2,1-2H3,(H,18,21)/t9-,11-/m1/s1. The van der Waals surface area contributed by atoms with Gasteiger partial charge in [0.2, 0.25) is 0 Å². The lowest BCUT2D eigenvalue weighted by Crippen LogP contribution is -2.54. The zero-order chi connectivity index (χ0) is 15.6. The molecule has 0 saturated carbocycles. The molecule has 0 spiro atoms. The third-order valence-corrected chi connectivity index (χ3v) is 3.69. The number of likely N-dealkylation sites (N-methyl/N-ethyl adjacent to an activating group) is 1. The number of likely N-dealkylation sites (tertiary alicyclic amines) is 1. The molecule has 5 nitrogen and oxygen atoms in total. The van der Waals surface area contributed by atoms with Gasteiger partial charge in [0.15, 0.2) is 0 Å². The van der Waals surface area contributed by atoms with Crippen molar-refractivity contribution in [3.05, 3.63) is 23.5 Å². The maximum Gasteiger partial charge on any atom is 0.404 e. The number of nitrogens with zero attached hydrogens (tertiary/aromatic N) is 3. The Morgan fingerprint density at radius 1 is 1.43 bits per heavy atom. The van der Waals surface area contributed by atoms with Gasteiger partial charge in [0.1, 0.15) is 6.04 Å². The van der Waals surface area contributed by atoms with Crippen LogP contribution < -0.4 is 5.32 Å². The smallest absolute Gasteiger partial charge is 0.348 e. The molecule has 8 heteroatoms. The topological polar surface area (TPSA) is 58.1 Å². The van der Waals surface area contributed by atoms with Crippen LogP contribution in [0.5, 0.6) is 0 Å². The fourth-order valence-corrected chi connectivity index (χ4v) is 2.58. The van der Waals surface area contributed by atoms with E-state index in [-0.39, 0.29) is 24.9 Å². The molecule has 116 valence electrons. The Bertz CT molecular complexity index is 520. The summed E-state index contributed by atoms with van der Waals surface area (Å²) in [6, 6.07) is -0.188. The first-order valence-corrected chi connectivity index (χ1v) is 6.65. The number of amides is 1. The molecule has 1 amide bonds. The quantitative estimate of drug-likeness (QED) is 0.900. The highest BCUT2D eigenvalue weighted by Gasteiger charge is 2.44. The molecule has 2 rings (SSSR count). The maximum absolute atomic E-state index is 12.8. The van der Waals surface area contributed by atoms with Gasteiger partial charge in [0.05, 0.1) is 17.5 Å². The monoisotopic (exact) mass is 302 g/mol. The molecule has 21 heavy (non-hydrogen) atoms. The SMILES string of the molecule is Cc1nnccc1C(=O)N[C@@H]1CC[C@H](C(F)(F)F)N(C)C1. The van der Waals surface area contributed by atoms with Crippen LogP contribution in [0.15, 0.2) is 12.3 Å². The molecule has 2 atom stereocenters. The number of piperidine rings is 1. The summed E-state index contributed by atoms with van der Waals surface area (Å²) >= 11 is 0. The average molecular weight is 302 g/mol. The first-order valence-electron chi connectivity index (χ1n) is 6.65. The molecule has 0 bridgehead atoms. The number of aromatic nitrogens is 2. The largest absolute Gasteiger partial charge is 0.404 e. The van der Waals surface area contributed by atoms with E-state index in [1.54, 1.807) is 13.0 Å². The Morgan fingerprint density at radius 2 is 2.14 bits per heavy atom. The number of aryl methyl sites for hydroxylation is 1. The normalized spacial score (nSPS) is 23.9. The molecule has 0 unspecified atom stereocenters. The van der Waals surface area contributed by atoms with Gasteiger partial charge in [-0.3, -0.25) is 9.69 Å². The van der Waals surface area contributed by atoms with Crippen molar-refractivity contribution < 1.29 is 18.0 Å². The van der Waals surface area contributed by atoms with E-state index in [2.05, 4.69) is 15.5 Å². The van der Waals surface area contributed by atoms with Crippen LogP contribution in [-0.2, 0) is 0 Å². The Morgan fingerprint density at radius 3 is 2.71 bits per heavy atom. The molecule has 2 heterocycles. The van der Waals surface area contributed by atoms with Gasteiger partial charge in [0, 0.05) is 12.6 Å². The number of hydrogen-bond acceptors (Lipinski definition) is 4. The Hall–Kier alpha value is -1.70. The van der Waals surface area contributed by atoms with Crippen LogP contribution >= 0.6 is 0 Å². The zero-order valence-corrected chi connectivity index (χ0v) is 11.8. The highest BCUT2D eigenvalue weighted by atomic mass is 19.4. The number of carbonyl (C=O) groups is 1. The average Bonchev–Trinajstić information content (AvgIpc) is 2.37. The van der Waals surface area contributed by atoms with Crippen molar-refractivity contribution in [1.82, 2.24) is 20.4 Å². The lowest BCUT2D eigenvalue weighted by atomic mass is 9.98. The second kappa shape index (κ2) is 5.97. The minimum Gasteiger partial charge on any atom is -0.348 e. The van der Waals surface area contributed by atoms with Crippen molar-refractivity contribution in [3.8, 4) is 0 Å². The van der Waals surface area contributed by atoms with E-state index < -0.39 is 12.2 Å². The predicted molar refractivity (Wildman–Crippen MR) is 69.7 cm³/mol. The molecule has 1 aromatic heterocycles. The van der Waals surface area contributed by atoms with Gasteiger partial charge in [-0.25, -0.2) is 0 Å². The zero-order valence-electron chi connectivity index (χ0n) is 11.8. The van der Waals surface area contributed by atoms with Crippen LogP contribution in [0.1, 0.15) is 28.9 Å². The first-order chi connectivity index (χ1) is 9.79. The molecule has 0 aromatic carbocycles. The lowest BCUT2D eigenvalue weighted by Gasteiger charge is -2.38. The van der Waals surface area contributed by atoms with Gasteiger partial charge < -0.3 is 5.32 Å². The number of nitrogens with one attached hydrogen (secondary N) is 1. The Kier molecular flexibility index (Phi) is 4.46. The summed E-state index contributed by atoms with van der Waals surface area (Å²) in [6.45, 7) is 1.84. The van der Waals surface area contributed by atoms with Crippen molar-refractivity contribution in [2.75, 3.05) is 13.6 Å².